The van der Waals surface area contributed by atoms with Crippen LogP contribution >= 0.6 is 12.6 Å². The summed E-state index contributed by atoms with van der Waals surface area (Å²) in [5.74, 6) is 4.85. The Hall–Kier alpha value is -5.53. The lowest BCUT2D eigenvalue weighted by atomic mass is 9.95. The Balaban J connectivity index is 1.63. The number of anilines is 1. The molecule has 0 saturated carbocycles. The molecule has 268 valence electrons. The van der Waals surface area contributed by atoms with Gasteiger partial charge in [-0.15, -0.1) is 0 Å². The number of ether oxygens (including phenoxy) is 2. The minimum absolute atomic E-state index is 0.132. The van der Waals surface area contributed by atoms with Gasteiger partial charge in [-0.1, -0.05) is 103 Å². The van der Waals surface area contributed by atoms with E-state index in [1.807, 2.05) is 91.0 Å². The summed E-state index contributed by atoms with van der Waals surface area (Å²) in [7, 11) is 0. The molecule has 3 amide bonds. The number of nitrogens with one attached hydrogen (secondary N) is 1. The fourth-order valence-electron chi connectivity index (χ4n) is 5.99. The van der Waals surface area contributed by atoms with Crippen LogP contribution in [0.25, 0.3) is 0 Å². The zero-order chi connectivity index (χ0) is 37.3. The average molecular weight is 718 g/mol. The third-order valence-corrected chi connectivity index (χ3v) is 8.55. The first kappa shape index (κ1) is 37.7. The minimum atomic E-state index is -1.08. The van der Waals surface area contributed by atoms with Gasteiger partial charge in [0.25, 0.3) is 11.8 Å². The largest absolute Gasteiger partial charge is 0.466 e. The molecular formula is C42H43N3O6S. The van der Waals surface area contributed by atoms with Gasteiger partial charge in [0.05, 0.1) is 42.1 Å². The predicted octanol–water partition coefficient (Wildman–Crippen LogP) is 7.29. The SMILES string of the molecule is CCOC(=O)CC(c1ccccc1)N1C(=O)c2cc(C#CC(S)CNC(=O)OC(C)(C)C)ccc2N(Cc2ccccc2)C(=O)C1c1ccccc1. The summed E-state index contributed by atoms with van der Waals surface area (Å²) in [6.45, 7) is 7.57. The summed E-state index contributed by atoms with van der Waals surface area (Å²) in [6.07, 6.45) is -0.740. The molecule has 0 bridgehead atoms. The van der Waals surface area contributed by atoms with Gasteiger partial charge >= 0.3 is 12.1 Å². The van der Waals surface area contributed by atoms with Crippen molar-refractivity contribution in [3.63, 3.8) is 0 Å². The molecule has 52 heavy (non-hydrogen) atoms. The molecule has 0 fully saturated rings. The molecule has 0 aromatic heterocycles. The predicted molar refractivity (Wildman–Crippen MR) is 204 cm³/mol. The lowest BCUT2D eigenvalue weighted by Crippen LogP contribution is -2.44. The van der Waals surface area contributed by atoms with E-state index in [2.05, 4.69) is 29.8 Å². The molecule has 3 unspecified atom stereocenters. The smallest absolute Gasteiger partial charge is 0.407 e. The number of carbonyl (C=O) groups excluding carboxylic acids is 4. The summed E-state index contributed by atoms with van der Waals surface area (Å²) in [5, 5.41) is 2.13. The number of nitrogens with zero attached hydrogens (tertiary/aromatic N) is 2. The number of benzene rings is 4. The average Bonchev–Trinajstić information content (AvgIpc) is 3.21. The fourth-order valence-corrected chi connectivity index (χ4v) is 6.15. The Kier molecular flexibility index (Phi) is 12.4. The minimum Gasteiger partial charge on any atom is -0.466 e. The number of amides is 3. The van der Waals surface area contributed by atoms with Gasteiger partial charge in [-0.3, -0.25) is 14.4 Å². The van der Waals surface area contributed by atoms with Crippen LogP contribution in [-0.2, 0) is 25.6 Å². The number of hydrogen-bond donors (Lipinski definition) is 2. The van der Waals surface area contributed by atoms with Crippen LogP contribution in [0.4, 0.5) is 10.5 Å². The quantitative estimate of drug-likeness (QED) is 0.102. The van der Waals surface area contributed by atoms with E-state index in [4.69, 9.17) is 9.47 Å². The third-order valence-electron chi connectivity index (χ3n) is 8.24. The van der Waals surface area contributed by atoms with Gasteiger partial charge in [-0.25, -0.2) is 4.79 Å². The van der Waals surface area contributed by atoms with Crippen molar-refractivity contribution >= 4 is 42.2 Å². The maximum Gasteiger partial charge on any atom is 0.407 e. The topological polar surface area (TPSA) is 105 Å². The molecule has 3 atom stereocenters. The Labute approximate surface area is 310 Å². The van der Waals surface area contributed by atoms with Gasteiger partial charge in [0.2, 0.25) is 0 Å². The number of fused-ring (bicyclic) bond motifs is 1. The number of rotatable bonds is 10. The molecule has 9 nitrogen and oxygen atoms in total. The molecule has 1 aliphatic rings. The highest BCUT2D eigenvalue weighted by molar-refractivity contribution is 7.81. The Morgan fingerprint density at radius 2 is 1.54 bits per heavy atom. The van der Waals surface area contributed by atoms with Gasteiger partial charge in [0.15, 0.2) is 0 Å². The van der Waals surface area contributed by atoms with E-state index in [9.17, 15) is 9.59 Å². The van der Waals surface area contributed by atoms with E-state index < -0.39 is 40.9 Å². The maximum atomic E-state index is 15.2. The van der Waals surface area contributed by atoms with Gasteiger partial charge < -0.3 is 24.6 Å². The highest BCUT2D eigenvalue weighted by Gasteiger charge is 2.44. The lowest BCUT2D eigenvalue weighted by molar-refractivity contribution is -0.145. The Bertz CT molecular complexity index is 1940. The molecule has 4 aromatic carbocycles. The standard InChI is InChI=1S/C42H43N3O6S/c1-5-50-37(46)26-36(31-17-11-7-12-18-31)45-38(32-19-13-8-14-20-32)40(48)44(28-30-15-9-6-10-16-30)35-24-22-29(25-34(35)39(45)47)21-23-33(52)27-43-41(49)51-42(2,3)4/h6-20,22,24-25,33,36,38,52H,5,26-28H2,1-4H3,(H,43,49). The molecule has 0 spiro atoms. The van der Waals surface area contributed by atoms with Gasteiger partial charge in [-0.2, -0.15) is 12.6 Å². The van der Waals surface area contributed by atoms with Crippen LogP contribution in [0.2, 0.25) is 0 Å². The molecule has 0 saturated heterocycles. The summed E-state index contributed by atoms with van der Waals surface area (Å²) >= 11 is 4.53. The first-order valence-corrected chi connectivity index (χ1v) is 17.7. The van der Waals surface area contributed by atoms with Gasteiger partial charge in [-0.05, 0) is 62.6 Å². The van der Waals surface area contributed by atoms with Crippen molar-refractivity contribution in [3.8, 4) is 11.8 Å². The van der Waals surface area contributed by atoms with Crippen molar-refractivity contribution in [1.82, 2.24) is 10.2 Å². The van der Waals surface area contributed by atoms with Crippen LogP contribution in [0.15, 0.2) is 109 Å². The molecule has 1 aliphatic heterocycles. The van der Waals surface area contributed by atoms with E-state index in [1.54, 1.807) is 50.8 Å². The fraction of sp³-hybridized carbons (Fsp3) is 0.286. The maximum absolute atomic E-state index is 15.2. The zero-order valence-electron chi connectivity index (χ0n) is 29.7. The first-order chi connectivity index (χ1) is 24.9. The molecule has 1 heterocycles. The number of thiol groups is 1. The Morgan fingerprint density at radius 1 is 0.904 bits per heavy atom. The number of esters is 1. The van der Waals surface area contributed by atoms with Crippen molar-refractivity contribution in [1.29, 1.82) is 0 Å². The number of hydrogen-bond acceptors (Lipinski definition) is 7. The molecule has 1 N–H and O–H groups in total. The molecular weight excluding hydrogens is 675 g/mol. The van der Waals surface area contributed by atoms with E-state index >= 15 is 9.59 Å². The van der Waals surface area contributed by atoms with Gasteiger partial charge in [0.1, 0.15) is 11.6 Å². The van der Waals surface area contributed by atoms with Crippen molar-refractivity contribution in [3.05, 3.63) is 137 Å². The highest BCUT2D eigenvalue weighted by atomic mass is 32.1. The van der Waals surface area contributed by atoms with Crippen LogP contribution in [0.3, 0.4) is 0 Å². The van der Waals surface area contributed by atoms with Crippen molar-refractivity contribution in [2.45, 2.75) is 63.6 Å². The summed E-state index contributed by atoms with van der Waals surface area (Å²) < 4.78 is 10.7. The molecule has 5 rings (SSSR count). The summed E-state index contributed by atoms with van der Waals surface area (Å²) in [5.41, 5.74) is 2.70. The second-order valence-corrected chi connectivity index (χ2v) is 13.9. The molecule has 0 radical (unpaired) electrons. The zero-order valence-corrected chi connectivity index (χ0v) is 30.6. The van der Waals surface area contributed by atoms with Crippen LogP contribution in [-0.4, -0.2) is 52.8 Å². The van der Waals surface area contributed by atoms with E-state index in [0.29, 0.717) is 22.4 Å². The van der Waals surface area contributed by atoms with Crippen LogP contribution in [0.5, 0.6) is 0 Å². The number of carbonyl (C=O) groups is 4. The highest BCUT2D eigenvalue weighted by Crippen LogP contribution is 2.42. The van der Waals surface area contributed by atoms with Crippen molar-refractivity contribution in [2.75, 3.05) is 18.1 Å². The second-order valence-electron chi connectivity index (χ2n) is 13.3. The van der Waals surface area contributed by atoms with Crippen LogP contribution in [0.1, 0.15) is 78.8 Å². The van der Waals surface area contributed by atoms with Crippen molar-refractivity contribution in [2.24, 2.45) is 0 Å². The van der Waals surface area contributed by atoms with E-state index in [0.717, 1.165) is 5.56 Å². The molecule has 0 aliphatic carbocycles. The Morgan fingerprint density at radius 3 is 2.17 bits per heavy atom. The number of alkyl carbamates (subject to hydrolysis) is 1. The lowest BCUT2D eigenvalue weighted by Gasteiger charge is -2.37. The van der Waals surface area contributed by atoms with E-state index in [-0.39, 0.29) is 37.6 Å². The summed E-state index contributed by atoms with van der Waals surface area (Å²) in [4.78, 5) is 58.7. The van der Waals surface area contributed by atoms with E-state index in [1.165, 1.54) is 4.90 Å². The van der Waals surface area contributed by atoms with Gasteiger partial charge in [0, 0.05) is 12.1 Å². The molecule has 10 heteroatoms. The van der Waals surface area contributed by atoms with Crippen LogP contribution < -0.4 is 10.2 Å². The second kappa shape index (κ2) is 17.1. The monoisotopic (exact) mass is 717 g/mol. The van der Waals surface area contributed by atoms with Crippen molar-refractivity contribution < 1.29 is 28.7 Å². The van der Waals surface area contributed by atoms with Crippen LogP contribution in [0, 0.1) is 11.8 Å². The third kappa shape index (κ3) is 9.62. The first-order valence-electron chi connectivity index (χ1n) is 17.2. The molecule has 4 aromatic rings. The summed E-state index contributed by atoms with van der Waals surface area (Å²) in [6, 6.07) is 31.2. The normalized spacial score (nSPS) is 15.4.